The fourth-order valence-electron chi connectivity index (χ4n) is 1.68. The van der Waals surface area contributed by atoms with Gasteiger partial charge in [-0.3, -0.25) is 4.79 Å². The fraction of sp³-hybridized carbons (Fsp3) is 0.417. The van der Waals surface area contributed by atoms with E-state index in [-0.39, 0.29) is 18.8 Å². The maximum atomic E-state index is 13.2. The van der Waals surface area contributed by atoms with Gasteiger partial charge >= 0.3 is 5.97 Å². The van der Waals surface area contributed by atoms with Gasteiger partial charge in [-0.05, 0) is 29.7 Å². The molecule has 1 rings (SSSR count). The number of methoxy groups -OCH3 is 1. The van der Waals surface area contributed by atoms with E-state index in [2.05, 4.69) is 0 Å². The molecule has 0 bridgehead atoms. The minimum Gasteiger partial charge on any atom is -0.481 e. The Balaban J connectivity index is 2.98. The van der Waals surface area contributed by atoms with Crippen molar-refractivity contribution in [3.63, 3.8) is 0 Å². The molecule has 5 heteroatoms. The number of nitrogens with two attached hydrogens (primary N) is 1. The third-order valence-corrected chi connectivity index (χ3v) is 2.56. The second kappa shape index (κ2) is 6.32. The van der Waals surface area contributed by atoms with Gasteiger partial charge in [0.25, 0.3) is 0 Å². The van der Waals surface area contributed by atoms with Crippen LogP contribution in [0.2, 0.25) is 0 Å². The Morgan fingerprint density at radius 3 is 2.82 bits per heavy atom. The van der Waals surface area contributed by atoms with Gasteiger partial charge in [0.2, 0.25) is 0 Å². The van der Waals surface area contributed by atoms with E-state index in [0.29, 0.717) is 12.0 Å². The number of carbonyl (C=O) groups is 1. The van der Waals surface area contributed by atoms with Crippen LogP contribution in [-0.2, 0) is 16.0 Å². The van der Waals surface area contributed by atoms with Crippen LogP contribution in [0.4, 0.5) is 4.39 Å². The minimum atomic E-state index is -0.887. The predicted octanol–water partition coefficient (Wildman–Crippen LogP) is 1.49. The Morgan fingerprint density at radius 1 is 1.59 bits per heavy atom. The summed E-state index contributed by atoms with van der Waals surface area (Å²) in [5, 5.41) is 8.64. The van der Waals surface area contributed by atoms with Crippen molar-refractivity contribution in [3.05, 3.63) is 35.1 Å². The lowest BCUT2D eigenvalue weighted by molar-refractivity contribution is -0.136. The molecule has 0 aliphatic carbocycles. The van der Waals surface area contributed by atoms with Crippen molar-refractivity contribution in [2.75, 3.05) is 13.7 Å². The Kier molecular flexibility index (Phi) is 5.06. The van der Waals surface area contributed by atoms with Crippen molar-refractivity contribution in [3.8, 4) is 0 Å². The first kappa shape index (κ1) is 13.6. The summed E-state index contributed by atoms with van der Waals surface area (Å²) in [5.74, 6) is -1.27. The Labute approximate surface area is 99.2 Å². The first-order valence-electron chi connectivity index (χ1n) is 5.31. The van der Waals surface area contributed by atoms with Gasteiger partial charge in [0.05, 0.1) is 6.10 Å². The Hall–Kier alpha value is -1.46. The minimum absolute atomic E-state index is 0.000359. The highest BCUT2D eigenvalue weighted by molar-refractivity contribution is 5.67. The fourth-order valence-corrected chi connectivity index (χ4v) is 1.68. The Bertz CT molecular complexity index is 391. The number of carboxylic acids is 1. The third-order valence-electron chi connectivity index (χ3n) is 2.56. The molecule has 0 saturated carbocycles. The van der Waals surface area contributed by atoms with Gasteiger partial charge in [0, 0.05) is 20.1 Å². The lowest BCUT2D eigenvalue weighted by Crippen LogP contribution is -2.16. The lowest BCUT2D eigenvalue weighted by atomic mass is 9.98. The van der Waals surface area contributed by atoms with Crippen molar-refractivity contribution in [2.24, 2.45) is 5.73 Å². The number of halogens is 1. The van der Waals surface area contributed by atoms with Crippen LogP contribution in [0.15, 0.2) is 18.2 Å². The van der Waals surface area contributed by atoms with Gasteiger partial charge in [-0.25, -0.2) is 4.39 Å². The number of carboxylic acid groups (broad SMARTS) is 1. The highest BCUT2D eigenvalue weighted by Gasteiger charge is 2.14. The molecule has 94 valence electrons. The average molecular weight is 241 g/mol. The molecule has 0 aromatic heterocycles. The molecule has 0 amide bonds. The predicted molar refractivity (Wildman–Crippen MR) is 61.2 cm³/mol. The summed E-state index contributed by atoms with van der Waals surface area (Å²) >= 11 is 0. The number of benzene rings is 1. The summed E-state index contributed by atoms with van der Waals surface area (Å²) < 4.78 is 18.3. The molecule has 1 aromatic carbocycles. The molecule has 0 spiro atoms. The van der Waals surface area contributed by atoms with E-state index in [9.17, 15) is 9.18 Å². The average Bonchev–Trinajstić information content (AvgIpc) is 2.29. The van der Waals surface area contributed by atoms with E-state index >= 15 is 0 Å². The maximum absolute atomic E-state index is 13.2. The number of hydrogen-bond acceptors (Lipinski definition) is 3. The van der Waals surface area contributed by atoms with Crippen molar-refractivity contribution in [1.29, 1.82) is 0 Å². The monoisotopic (exact) mass is 241 g/mol. The largest absolute Gasteiger partial charge is 0.481 e. The molecular weight excluding hydrogens is 225 g/mol. The number of aliphatic carboxylic acids is 1. The van der Waals surface area contributed by atoms with Crippen LogP contribution in [0.3, 0.4) is 0 Å². The highest BCUT2D eigenvalue weighted by Crippen LogP contribution is 2.22. The van der Waals surface area contributed by atoms with Crippen molar-refractivity contribution in [1.82, 2.24) is 0 Å². The lowest BCUT2D eigenvalue weighted by Gasteiger charge is -2.17. The van der Waals surface area contributed by atoms with Crippen LogP contribution in [0.5, 0.6) is 0 Å². The number of aryl methyl sites for hydroxylation is 1. The zero-order chi connectivity index (χ0) is 12.8. The van der Waals surface area contributed by atoms with Crippen LogP contribution in [0, 0.1) is 5.82 Å². The second-order valence-corrected chi connectivity index (χ2v) is 3.70. The molecule has 0 radical (unpaired) electrons. The molecule has 1 unspecified atom stereocenters. The van der Waals surface area contributed by atoms with E-state index < -0.39 is 12.1 Å². The molecular formula is C12H16FNO3. The third kappa shape index (κ3) is 3.80. The van der Waals surface area contributed by atoms with E-state index in [4.69, 9.17) is 15.6 Å². The molecule has 0 heterocycles. The molecule has 4 nitrogen and oxygen atoms in total. The van der Waals surface area contributed by atoms with E-state index in [0.717, 1.165) is 5.56 Å². The second-order valence-electron chi connectivity index (χ2n) is 3.70. The zero-order valence-electron chi connectivity index (χ0n) is 9.65. The molecule has 0 aliphatic rings. The van der Waals surface area contributed by atoms with Gasteiger partial charge in [0.15, 0.2) is 0 Å². The summed E-state index contributed by atoms with van der Waals surface area (Å²) in [5.41, 5.74) is 6.90. The van der Waals surface area contributed by atoms with Crippen molar-refractivity contribution in [2.45, 2.75) is 18.9 Å². The molecule has 0 aliphatic heterocycles. The SMILES string of the molecule is COC(CN)c1cc(F)ccc1CCC(=O)O. The summed E-state index contributed by atoms with van der Waals surface area (Å²) in [6, 6.07) is 4.23. The van der Waals surface area contributed by atoms with E-state index in [1.807, 2.05) is 0 Å². The molecule has 17 heavy (non-hydrogen) atoms. The molecule has 3 N–H and O–H groups in total. The number of hydrogen-bond donors (Lipinski definition) is 2. The molecule has 1 aromatic rings. The highest BCUT2D eigenvalue weighted by atomic mass is 19.1. The zero-order valence-corrected chi connectivity index (χ0v) is 9.65. The topological polar surface area (TPSA) is 72.5 Å². The molecule has 0 saturated heterocycles. The first-order valence-corrected chi connectivity index (χ1v) is 5.31. The number of rotatable bonds is 6. The van der Waals surface area contributed by atoms with Crippen LogP contribution < -0.4 is 5.73 Å². The van der Waals surface area contributed by atoms with Crippen LogP contribution in [0.1, 0.15) is 23.7 Å². The van der Waals surface area contributed by atoms with Crippen LogP contribution in [0.25, 0.3) is 0 Å². The maximum Gasteiger partial charge on any atom is 0.303 e. The summed E-state index contributed by atoms with van der Waals surface area (Å²) in [4.78, 5) is 10.5. The summed E-state index contributed by atoms with van der Waals surface area (Å²) in [6.45, 7) is 0.222. The summed E-state index contributed by atoms with van der Waals surface area (Å²) in [6.07, 6.45) is -0.0701. The van der Waals surface area contributed by atoms with Crippen molar-refractivity contribution >= 4 is 5.97 Å². The molecule has 0 fully saturated rings. The van der Waals surface area contributed by atoms with E-state index in [1.54, 1.807) is 6.07 Å². The first-order chi connectivity index (χ1) is 8.08. The van der Waals surface area contributed by atoms with Crippen LogP contribution in [-0.4, -0.2) is 24.7 Å². The standard InChI is InChI=1S/C12H16FNO3/c1-17-11(7-14)10-6-9(13)4-2-8(10)3-5-12(15)16/h2,4,6,11H,3,5,7,14H2,1H3,(H,15,16). The quantitative estimate of drug-likeness (QED) is 0.791. The summed E-state index contributed by atoms with van der Waals surface area (Å²) in [7, 11) is 1.49. The van der Waals surface area contributed by atoms with Gasteiger partial charge in [-0.15, -0.1) is 0 Å². The molecule has 1 atom stereocenters. The van der Waals surface area contributed by atoms with E-state index in [1.165, 1.54) is 19.2 Å². The van der Waals surface area contributed by atoms with Crippen molar-refractivity contribution < 1.29 is 19.0 Å². The smallest absolute Gasteiger partial charge is 0.303 e. The van der Waals surface area contributed by atoms with Gasteiger partial charge in [-0.2, -0.15) is 0 Å². The normalized spacial score (nSPS) is 12.4. The Morgan fingerprint density at radius 2 is 2.29 bits per heavy atom. The number of ether oxygens (including phenoxy) is 1. The van der Waals surface area contributed by atoms with Gasteiger partial charge in [0.1, 0.15) is 5.82 Å². The van der Waals surface area contributed by atoms with Crippen LogP contribution >= 0.6 is 0 Å². The van der Waals surface area contributed by atoms with Gasteiger partial charge in [-0.1, -0.05) is 6.07 Å². The van der Waals surface area contributed by atoms with Gasteiger partial charge < -0.3 is 15.6 Å².